The third-order valence-corrected chi connectivity index (χ3v) is 3.85. The number of thioether (sulfide) groups is 1. The summed E-state index contributed by atoms with van der Waals surface area (Å²) in [7, 11) is 0. The van der Waals surface area contributed by atoms with Crippen molar-refractivity contribution in [1.82, 2.24) is 10.3 Å². The molecule has 0 aromatic carbocycles. The van der Waals surface area contributed by atoms with Crippen molar-refractivity contribution in [3.05, 3.63) is 17.4 Å². The molecule has 114 valence electrons. The van der Waals surface area contributed by atoms with Crippen LogP contribution in [0.3, 0.4) is 0 Å². The Bertz CT molecular complexity index is 574. The highest BCUT2D eigenvalue weighted by molar-refractivity contribution is 7.99. The lowest BCUT2D eigenvalue weighted by Crippen LogP contribution is -2.46. The molecule has 1 aromatic rings. The van der Waals surface area contributed by atoms with Gasteiger partial charge in [0.15, 0.2) is 0 Å². The maximum Gasteiger partial charge on any atom is 0.408 e. The number of nitrogens with zero attached hydrogens (tertiary/aromatic N) is 1. The first kappa shape index (κ1) is 15.9. The quantitative estimate of drug-likeness (QED) is 0.774. The van der Waals surface area contributed by atoms with E-state index in [2.05, 4.69) is 15.6 Å². The Balaban J connectivity index is 2.05. The van der Waals surface area contributed by atoms with Crippen molar-refractivity contribution in [2.45, 2.75) is 37.3 Å². The summed E-state index contributed by atoms with van der Waals surface area (Å²) >= 11 is 7.22. The van der Waals surface area contributed by atoms with Gasteiger partial charge in [0.05, 0.1) is 5.69 Å². The van der Waals surface area contributed by atoms with E-state index in [-0.39, 0.29) is 5.91 Å². The fraction of sp³-hybridized carbons (Fsp3) is 0.462. The van der Waals surface area contributed by atoms with Gasteiger partial charge in [-0.05, 0) is 20.8 Å². The number of halogens is 1. The highest BCUT2D eigenvalue weighted by Crippen LogP contribution is 2.31. The molecule has 0 bridgehead atoms. The van der Waals surface area contributed by atoms with Crippen LogP contribution in [0, 0.1) is 0 Å². The first-order valence-corrected chi connectivity index (χ1v) is 7.70. The Morgan fingerprint density at radius 3 is 2.95 bits per heavy atom. The molecule has 0 unspecified atom stereocenters. The molecule has 0 aliphatic carbocycles. The Morgan fingerprint density at radius 1 is 1.57 bits per heavy atom. The van der Waals surface area contributed by atoms with E-state index in [9.17, 15) is 9.59 Å². The maximum atomic E-state index is 12.1. The molecule has 1 aliphatic heterocycles. The van der Waals surface area contributed by atoms with Crippen LogP contribution in [0.4, 0.5) is 10.5 Å². The second-order valence-electron chi connectivity index (χ2n) is 5.50. The van der Waals surface area contributed by atoms with Gasteiger partial charge in [0.25, 0.3) is 0 Å². The summed E-state index contributed by atoms with van der Waals surface area (Å²) in [6.45, 7) is 5.29. The van der Waals surface area contributed by atoms with Gasteiger partial charge in [-0.25, -0.2) is 9.78 Å². The standard InChI is InChI=1S/C13H16ClN3O3S/c1-13(2,3)20-12(19)17-8-6-21-9-5-15-10(14)4-7(9)16-11(8)18/h4-5,8H,6H2,1-3H3,(H,16,18)(H,17,19)/t8-/m0/s1. The summed E-state index contributed by atoms with van der Waals surface area (Å²) in [4.78, 5) is 28.7. The number of alkyl carbamates (subject to hydrolysis) is 1. The lowest BCUT2D eigenvalue weighted by Gasteiger charge is -2.22. The summed E-state index contributed by atoms with van der Waals surface area (Å²) in [6, 6.07) is 0.897. The highest BCUT2D eigenvalue weighted by atomic mass is 35.5. The first-order valence-electron chi connectivity index (χ1n) is 6.33. The predicted molar refractivity (Wildman–Crippen MR) is 81.8 cm³/mol. The lowest BCUT2D eigenvalue weighted by molar-refractivity contribution is -0.117. The van der Waals surface area contributed by atoms with Gasteiger partial charge in [0.1, 0.15) is 16.8 Å². The topological polar surface area (TPSA) is 80.3 Å². The number of ether oxygens (including phenoxy) is 1. The molecular formula is C13H16ClN3O3S. The van der Waals surface area contributed by atoms with Crippen LogP contribution in [0.1, 0.15) is 20.8 Å². The number of carbonyl (C=O) groups excluding carboxylic acids is 2. The molecule has 0 fully saturated rings. The van der Waals surface area contributed by atoms with Crippen molar-refractivity contribution in [1.29, 1.82) is 0 Å². The molecule has 2 rings (SSSR count). The minimum atomic E-state index is -0.684. The lowest BCUT2D eigenvalue weighted by atomic mass is 10.2. The second-order valence-corrected chi connectivity index (χ2v) is 6.95. The van der Waals surface area contributed by atoms with Crippen molar-refractivity contribution in [3.8, 4) is 0 Å². The minimum absolute atomic E-state index is 0.299. The third kappa shape index (κ3) is 4.50. The van der Waals surface area contributed by atoms with Gasteiger partial charge in [-0.2, -0.15) is 0 Å². The number of pyridine rings is 1. The highest BCUT2D eigenvalue weighted by Gasteiger charge is 2.27. The molecule has 8 heteroatoms. The van der Waals surface area contributed by atoms with E-state index in [1.165, 1.54) is 11.8 Å². The van der Waals surface area contributed by atoms with Crippen LogP contribution in [0.2, 0.25) is 5.15 Å². The van der Waals surface area contributed by atoms with Crippen molar-refractivity contribution in [3.63, 3.8) is 0 Å². The van der Waals surface area contributed by atoms with Gasteiger partial charge >= 0.3 is 6.09 Å². The van der Waals surface area contributed by atoms with Crippen LogP contribution in [0.15, 0.2) is 17.2 Å². The van der Waals surface area contributed by atoms with E-state index in [0.717, 1.165) is 4.90 Å². The predicted octanol–water partition coefficient (Wildman–Crippen LogP) is 2.67. The van der Waals surface area contributed by atoms with Crippen LogP contribution >= 0.6 is 23.4 Å². The van der Waals surface area contributed by atoms with E-state index < -0.39 is 17.7 Å². The zero-order valence-electron chi connectivity index (χ0n) is 11.9. The van der Waals surface area contributed by atoms with Crippen LogP contribution < -0.4 is 10.6 Å². The number of fused-ring (bicyclic) bond motifs is 1. The SMILES string of the molecule is CC(C)(C)OC(=O)N[C@H]1CSc2cnc(Cl)cc2NC1=O. The molecule has 0 spiro atoms. The first-order chi connectivity index (χ1) is 9.74. The Hall–Kier alpha value is -1.47. The van der Waals surface area contributed by atoms with Gasteiger partial charge < -0.3 is 15.4 Å². The number of aromatic nitrogens is 1. The van der Waals surface area contributed by atoms with Crippen molar-refractivity contribution < 1.29 is 14.3 Å². The summed E-state index contributed by atoms with van der Waals surface area (Å²) in [5.41, 5.74) is -0.0164. The van der Waals surface area contributed by atoms with Gasteiger partial charge in [-0.3, -0.25) is 4.79 Å². The second kappa shape index (κ2) is 6.11. The smallest absolute Gasteiger partial charge is 0.408 e. The number of hydrogen-bond donors (Lipinski definition) is 2. The number of anilines is 1. The molecule has 0 saturated carbocycles. The average molecular weight is 330 g/mol. The molecule has 0 saturated heterocycles. The Morgan fingerprint density at radius 2 is 2.29 bits per heavy atom. The molecular weight excluding hydrogens is 314 g/mol. The van der Waals surface area contributed by atoms with Gasteiger partial charge in [-0.15, -0.1) is 11.8 Å². The monoisotopic (exact) mass is 329 g/mol. The zero-order chi connectivity index (χ0) is 15.6. The third-order valence-electron chi connectivity index (χ3n) is 2.50. The normalized spacial score (nSPS) is 18.3. The average Bonchev–Trinajstić information content (AvgIpc) is 2.47. The Labute approximate surface area is 132 Å². The molecule has 0 radical (unpaired) electrons. The van der Waals surface area contributed by atoms with Crippen LogP contribution in [-0.4, -0.2) is 34.4 Å². The largest absolute Gasteiger partial charge is 0.444 e. The van der Waals surface area contributed by atoms with Crippen LogP contribution in [0.25, 0.3) is 0 Å². The van der Waals surface area contributed by atoms with Gasteiger partial charge in [0.2, 0.25) is 5.91 Å². The maximum absolute atomic E-state index is 12.1. The molecule has 2 heterocycles. The number of carbonyl (C=O) groups is 2. The van der Waals surface area contributed by atoms with Gasteiger partial charge in [-0.1, -0.05) is 11.6 Å². The van der Waals surface area contributed by atoms with Crippen molar-refractivity contribution in [2.75, 3.05) is 11.1 Å². The molecule has 1 aromatic heterocycles. The molecule has 1 atom stereocenters. The molecule has 6 nitrogen and oxygen atoms in total. The summed E-state index contributed by atoms with van der Waals surface area (Å²) < 4.78 is 5.15. The fourth-order valence-corrected chi connectivity index (χ4v) is 2.79. The summed E-state index contributed by atoms with van der Waals surface area (Å²) in [5.74, 6) is 0.0795. The summed E-state index contributed by atoms with van der Waals surface area (Å²) in [5, 5.41) is 5.59. The van der Waals surface area contributed by atoms with E-state index in [4.69, 9.17) is 16.3 Å². The van der Waals surface area contributed by atoms with E-state index in [1.807, 2.05) is 0 Å². The number of hydrogen-bond acceptors (Lipinski definition) is 5. The minimum Gasteiger partial charge on any atom is -0.444 e. The van der Waals surface area contributed by atoms with E-state index >= 15 is 0 Å². The molecule has 2 amide bonds. The molecule has 2 N–H and O–H groups in total. The van der Waals surface area contributed by atoms with E-state index in [0.29, 0.717) is 16.6 Å². The van der Waals surface area contributed by atoms with Crippen molar-refractivity contribution >= 4 is 41.1 Å². The van der Waals surface area contributed by atoms with Crippen LogP contribution in [0.5, 0.6) is 0 Å². The number of nitrogens with one attached hydrogen (secondary N) is 2. The van der Waals surface area contributed by atoms with Gasteiger partial charge in [0, 0.05) is 22.9 Å². The molecule has 1 aliphatic rings. The summed E-state index contributed by atoms with van der Waals surface area (Å²) in [6.07, 6.45) is 0.976. The van der Waals surface area contributed by atoms with E-state index in [1.54, 1.807) is 33.0 Å². The zero-order valence-corrected chi connectivity index (χ0v) is 13.5. The van der Waals surface area contributed by atoms with Crippen LogP contribution in [-0.2, 0) is 9.53 Å². The fourth-order valence-electron chi connectivity index (χ4n) is 1.66. The number of amides is 2. The number of rotatable bonds is 1. The van der Waals surface area contributed by atoms with Crippen molar-refractivity contribution in [2.24, 2.45) is 0 Å². The Kier molecular flexibility index (Phi) is 4.63. The molecule has 21 heavy (non-hydrogen) atoms.